The van der Waals surface area contributed by atoms with Gasteiger partial charge in [-0.2, -0.15) is 5.26 Å². The minimum Gasteiger partial charge on any atom is -0.482 e. The third-order valence-corrected chi connectivity index (χ3v) is 1.96. The fourth-order valence-corrected chi connectivity index (χ4v) is 1.14. The van der Waals surface area contributed by atoms with Crippen molar-refractivity contribution in [2.24, 2.45) is 0 Å². The first-order chi connectivity index (χ1) is 8.13. The van der Waals surface area contributed by atoms with Gasteiger partial charge in [0.05, 0.1) is 11.7 Å². The average molecular weight is 234 g/mol. The van der Waals surface area contributed by atoms with Crippen LogP contribution < -0.4 is 10.1 Å². The van der Waals surface area contributed by atoms with Crippen molar-refractivity contribution in [3.63, 3.8) is 0 Å². The summed E-state index contributed by atoms with van der Waals surface area (Å²) >= 11 is 0. The minimum absolute atomic E-state index is 0.175. The van der Waals surface area contributed by atoms with Crippen LogP contribution in [0, 0.1) is 11.3 Å². The second kappa shape index (κ2) is 6.51. The maximum absolute atomic E-state index is 11.3. The van der Waals surface area contributed by atoms with Crippen molar-refractivity contribution >= 4 is 5.91 Å². The normalized spacial score (nSPS) is 11.4. The molecule has 5 heteroatoms. The Morgan fingerprint density at radius 2 is 2.29 bits per heavy atom. The molecule has 1 rings (SSSR count). The number of nitrogens with zero attached hydrogens (tertiary/aromatic N) is 1. The fourth-order valence-electron chi connectivity index (χ4n) is 1.14. The first kappa shape index (κ1) is 13.0. The van der Waals surface area contributed by atoms with Gasteiger partial charge in [0.1, 0.15) is 11.8 Å². The Hall–Kier alpha value is -2.06. The van der Waals surface area contributed by atoms with Crippen LogP contribution in [-0.2, 0) is 4.79 Å². The number of carbonyl (C=O) groups is 1. The number of aliphatic hydroxyl groups is 1. The van der Waals surface area contributed by atoms with Gasteiger partial charge in [-0.05, 0) is 19.1 Å². The van der Waals surface area contributed by atoms with Gasteiger partial charge in [-0.15, -0.1) is 0 Å². The van der Waals surface area contributed by atoms with Crippen molar-refractivity contribution < 1.29 is 14.6 Å². The molecule has 90 valence electrons. The fraction of sp³-hybridized carbons (Fsp3) is 0.333. The Kier molecular flexibility index (Phi) is 4.98. The topological polar surface area (TPSA) is 82.3 Å². The predicted octanol–water partition coefficient (Wildman–Crippen LogP) is 0.434. The van der Waals surface area contributed by atoms with E-state index in [0.29, 0.717) is 11.3 Å². The minimum atomic E-state index is -0.592. The molecule has 0 bridgehead atoms. The lowest BCUT2D eigenvalue weighted by molar-refractivity contribution is -0.123. The number of hydrogen-bond donors (Lipinski definition) is 2. The Morgan fingerprint density at radius 1 is 1.59 bits per heavy atom. The molecule has 1 amide bonds. The van der Waals surface area contributed by atoms with Gasteiger partial charge in [0.25, 0.3) is 5.91 Å². The first-order valence-electron chi connectivity index (χ1n) is 5.20. The van der Waals surface area contributed by atoms with Crippen LogP contribution in [0.4, 0.5) is 0 Å². The van der Waals surface area contributed by atoms with Gasteiger partial charge in [-0.3, -0.25) is 4.79 Å². The molecule has 17 heavy (non-hydrogen) atoms. The molecule has 0 aliphatic rings. The Labute approximate surface area is 99.6 Å². The number of nitriles is 1. The number of benzene rings is 1. The van der Waals surface area contributed by atoms with Crippen LogP contribution in [0.2, 0.25) is 0 Å². The smallest absolute Gasteiger partial charge is 0.258 e. The molecule has 1 atom stereocenters. The number of ether oxygens (including phenoxy) is 1. The van der Waals surface area contributed by atoms with E-state index in [9.17, 15) is 4.79 Å². The van der Waals surface area contributed by atoms with Gasteiger partial charge in [0.2, 0.25) is 0 Å². The largest absolute Gasteiger partial charge is 0.482 e. The molecule has 1 unspecified atom stereocenters. The van der Waals surface area contributed by atoms with E-state index in [4.69, 9.17) is 15.1 Å². The molecule has 1 aromatic carbocycles. The molecule has 5 nitrogen and oxygen atoms in total. The quantitative estimate of drug-likeness (QED) is 0.774. The van der Waals surface area contributed by atoms with E-state index in [1.165, 1.54) is 0 Å². The Balaban J connectivity index is 2.45. The van der Waals surface area contributed by atoms with E-state index in [1.807, 2.05) is 6.07 Å². The number of carbonyl (C=O) groups excluding carboxylic acids is 1. The zero-order chi connectivity index (χ0) is 12.7. The summed E-state index contributed by atoms with van der Waals surface area (Å²) < 4.78 is 5.21. The lowest BCUT2D eigenvalue weighted by atomic mass is 10.2. The number of aliphatic hydroxyl groups excluding tert-OH is 1. The van der Waals surface area contributed by atoms with Gasteiger partial charge in [-0.25, -0.2) is 0 Å². The summed E-state index contributed by atoms with van der Waals surface area (Å²) in [5.74, 6) is 0.0424. The standard InChI is InChI=1S/C12H14N2O3/c1-9(15)7-14-12(16)8-17-11-5-3-2-4-10(11)6-13/h2-5,9,15H,7-8H2,1H3,(H,14,16). The molecule has 2 N–H and O–H groups in total. The first-order valence-corrected chi connectivity index (χ1v) is 5.20. The maximum Gasteiger partial charge on any atom is 0.258 e. The highest BCUT2D eigenvalue weighted by Crippen LogP contribution is 2.15. The van der Waals surface area contributed by atoms with Gasteiger partial charge < -0.3 is 15.2 Å². The monoisotopic (exact) mass is 234 g/mol. The molecule has 0 aliphatic heterocycles. The van der Waals surface area contributed by atoms with Crippen molar-refractivity contribution in [1.29, 1.82) is 5.26 Å². The Bertz CT molecular complexity index is 424. The van der Waals surface area contributed by atoms with E-state index in [-0.39, 0.29) is 19.1 Å². The zero-order valence-corrected chi connectivity index (χ0v) is 9.51. The number of para-hydroxylation sites is 1. The highest BCUT2D eigenvalue weighted by atomic mass is 16.5. The lowest BCUT2D eigenvalue weighted by Crippen LogP contribution is -2.34. The average Bonchev–Trinajstić information content (AvgIpc) is 2.34. The molecule has 0 saturated carbocycles. The maximum atomic E-state index is 11.3. The summed E-state index contributed by atoms with van der Waals surface area (Å²) in [4.78, 5) is 11.3. The van der Waals surface area contributed by atoms with Crippen LogP contribution in [0.1, 0.15) is 12.5 Å². The van der Waals surface area contributed by atoms with E-state index in [2.05, 4.69) is 5.32 Å². The van der Waals surface area contributed by atoms with Crippen LogP contribution in [0.5, 0.6) is 5.75 Å². The Morgan fingerprint density at radius 3 is 2.94 bits per heavy atom. The van der Waals surface area contributed by atoms with Crippen LogP contribution in [0.15, 0.2) is 24.3 Å². The highest BCUT2D eigenvalue weighted by molar-refractivity contribution is 5.77. The molecule has 0 fully saturated rings. The molecule has 0 saturated heterocycles. The molecule has 0 heterocycles. The van der Waals surface area contributed by atoms with Gasteiger partial charge in [0.15, 0.2) is 6.61 Å². The lowest BCUT2D eigenvalue weighted by Gasteiger charge is -2.09. The summed E-state index contributed by atoms with van der Waals surface area (Å²) in [6, 6.07) is 8.66. The number of hydrogen-bond acceptors (Lipinski definition) is 4. The number of nitrogens with one attached hydrogen (secondary N) is 1. The predicted molar refractivity (Wildman–Crippen MR) is 61.3 cm³/mol. The van der Waals surface area contributed by atoms with E-state index in [1.54, 1.807) is 31.2 Å². The van der Waals surface area contributed by atoms with Crippen molar-refractivity contribution in [3.8, 4) is 11.8 Å². The summed E-state index contributed by atoms with van der Waals surface area (Å²) in [5, 5.41) is 20.3. The van der Waals surface area contributed by atoms with Crippen molar-refractivity contribution in [1.82, 2.24) is 5.32 Å². The number of rotatable bonds is 5. The molecule has 0 radical (unpaired) electrons. The summed E-state index contributed by atoms with van der Waals surface area (Å²) in [6.07, 6.45) is -0.592. The molecule has 0 aromatic heterocycles. The summed E-state index contributed by atoms with van der Waals surface area (Å²) in [7, 11) is 0. The third-order valence-electron chi connectivity index (χ3n) is 1.96. The van der Waals surface area contributed by atoms with Crippen LogP contribution in [-0.4, -0.2) is 30.3 Å². The summed E-state index contributed by atoms with van der Waals surface area (Å²) in [6.45, 7) is 1.58. The zero-order valence-electron chi connectivity index (χ0n) is 9.51. The van der Waals surface area contributed by atoms with Crippen molar-refractivity contribution in [2.75, 3.05) is 13.2 Å². The number of amides is 1. The molecular weight excluding hydrogens is 220 g/mol. The van der Waals surface area contributed by atoms with Gasteiger partial charge >= 0.3 is 0 Å². The van der Waals surface area contributed by atoms with Gasteiger partial charge in [-0.1, -0.05) is 12.1 Å². The molecule has 0 aliphatic carbocycles. The second-order valence-electron chi connectivity index (χ2n) is 3.55. The van der Waals surface area contributed by atoms with Crippen molar-refractivity contribution in [3.05, 3.63) is 29.8 Å². The third kappa shape index (κ3) is 4.53. The van der Waals surface area contributed by atoms with Crippen LogP contribution in [0.25, 0.3) is 0 Å². The molecule has 1 aromatic rings. The molecule has 0 spiro atoms. The van der Waals surface area contributed by atoms with E-state index in [0.717, 1.165) is 0 Å². The SMILES string of the molecule is CC(O)CNC(=O)COc1ccccc1C#N. The van der Waals surface area contributed by atoms with Crippen LogP contribution in [0.3, 0.4) is 0 Å². The molecular formula is C12H14N2O3. The van der Waals surface area contributed by atoms with Gasteiger partial charge in [0, 0.05) is 6.54 Å². The second-order valence-corrected chi connectivity index (χ2v) is 3.55. The van der Waals surface area contributed by atoms with Crippen LogP contribution >= 0.6 is 0 Å². The van der Waals surface area contributed by atoms with Crippen molar-refractivity contribution in [2.45, 2.75) is 13.0 Å². The van der Waals surface area contributed by atoms with E-state index < -0.39 is 6.10 Å². The summed E-state index contributed by atoms with van der Waals surface area (Å²) in [5.41, 5.74) is 0.385. The van der Waals surface area contributed by atoms with E-state index >= 15 is 0 Å². The highest BCUT2D eigenvalue weighted by Gasteiger charge is 2.06.